The summed E-state index contributed by atoms with van der Waals surface area (Å²) in [6.45, 7) is 2.37. The maximum atomic E-state index is 6.00. The standard InChI is InChI=1S/C29H26Cl4N4O2.2BrH/c30-26-12-24(13-27(31)16-26)20-38-34-18-22-2-8-36(9-3-22)6-1-7-37-10-4-23(5-11-37)19-35-39-21-25-14-28(32)17-29(33)15-25;;/h2-5,8-19H,1,6-7,20-21H2;2*1H/q+2;;/p-2/b34-18+,35-19+;;. The van der Waals surface area contributed by atoms with Gasteiger partial charge in [-0.05, 0) is 47.5 Å². The van der Waals surface area contributed by atoms with E-state index in [9.17, 15) is 0 Å². The normalized spacial score (nSPS) is 10.8. The first kappa shape index (κ1) is 35.0. The van der Waals surface area contributed by atoms with Crippen molar-refractivity contribution in [1.29, 1.82) is 0 Å². The molecule has 41 heavy (non-hydrogen) atoms. The summed E-state index contributed by atoms with van der Waals surface area (Å²) in [6.07, 6.45) is 12.4. The highest BCUT2D eigenvalue weighted by Crippen LogP contribution is 2.20. The zero-order valence-electron chi connectivity index (χ0n) is 21.6. The molecule has 2 aromatic carbocycles. The third kappa shape index (κ3) is 12.7. The summed E-state index contributed by atoms with van der Waals surface area (Å²) >= 11 is 24.0. The van der Waals surface area contributed by atoms with Crippen molar-refractivity contribution < 1.29 is 52.8 Å². The summed E-state index contributed by atoms with van der Waals surface area (Å²) < 4.78 is 4.27. The van der Waals surface area contributed by atoms with Gasteiger partial charge in [-0.15, -0.1) is 0 Å². The summed E-state index contributed by atoms with van der Waals surface area (Å²) in [5.74, 6) is 0. The molecule has 4 rings (SSSR count). The Bertz CT molecular complexity index is 1290. The van der Waals surface area contributed by atoms with Gasteiger partial charge in [-0.25, -0.2) is 9.13 Å². The second-order valence-electron chi connectivity index (χ2n) is 8.66. The molecule has 0 amide bonds. The lowest BCUT2D eigenvalue weighted by Gasteiger charge is -2.02. The van der Waals surface area contributed by atoms with Crippen molar-refractivity contribution in [2.75, 3.05) is 0 Å². The number of benzene rings is 2. The average Bonchev–Trinajstić information content (AvgIpc) is 2.90. The van der Waals surface area contributed by atoms with Crippen molar-refractivity contribution in [1.82, 2.24) is 0 Å². The van der Waals surface area contributed by atoms with Gasteiger partial charge in [0, 0.05) is 55.5 Å². The molecule has 0 unspecified atom stereocenters. The van der Waals surface area contributed by atoms with Gasteiger partial charge in [0.1, 0.15) is 13.2 Å². The van der Waals surface area contributed by atoms with E-state index < -0.39 is 0 Å². The minimum absolute atomic E-state index is 0. The lowest BCUT2D eigenvalue weighted by molar-refractivity contribution is -0.726. The molecule has 0 aliphatic rings. The predicted molar refractivity (Wildman–Crippen MR) is 156 cm³/mol. The molecule has 0 saturated heterocycles. The van der Waals surface area contributed by atoms with Crippen molar-refractivity contribution in [2.45, 2.75) is 32.7 Å². The van der Waals surface area contributed by atoms with Crippen LogP contribution in [0.3, 0.4) is 0 Å². The molecule has 0 saturated carbocycles. The molecule has 2 aromatic heterocycles. The minimum Gasteiger partial charge on any atom is -1.00 e. The molecule has 0 N–H and O–H groups in total. The van der Waals surface area contributed by atoms with E-state index in [0.29, 0.717) is 33.3 Å². The van der Waals surface area contributed by atoms with E-state index in [1.165, 1.54) is 0 Å². The summed E-state index contributed by atoms with van der Waals surface area (Å²) in [4.78, 5) is 10.7. The van der Waals surface area contributed by atoms with E-state index in [4.69, 9.17) is 56.1 Å². The molecule has 0 fully saturated rings. The van der Waals surface area contributed by atoms with Gasteiger partial charge >= 0.3 is 0 Å². The largest absolute Gasteiger partial charge is 1.00 e. The molecular formula is C29H26Br2Cl4N4O2. The summed E-state index contributed by atoms with van der Waals surface area (Å²) in [5.41, 5.74) is 3.62. The molecule has 0 radical (unpaired) electrons. The van der Waals surface area contributed by atoms with Crippen LogP contribution >= 0.6 is 46.4 Å². The Morgan fingerprint density at radius 1 is 0.561 bits per heavy atom. The summed E-state index contributed by atoms with van der Waals surface area (Å²) in [6, 6.07) is 18.5. The molecule has 2 heterocycles. The molecule has 216 valence electrons. The van der Waals surface area contributed by atoms with Gasteiger partial charge in [-0.2, -0.15) is 0 Å². The SMILES string of the molecule is Clc1cc(Cl)cc(CO/N=C/c2cc[n+](CCC[n+]3ccc(/C=N/OCc4cc(Cl)cc(Cl)c4)cc3)cc2)c1.[Br-].[Br-]. The highest BCUT2D eigenvalue weighted by atomic mass is 79.9. The van der Waals surface area contributed by atoms with Gasteiger partial charge in [0.15, 0.2) is 37.9 Å². The first-order valence-corrected chi connectivity index (χ1v) is 13.6. The Kier molecular flexibility index (Phi) is 15.7. The van der Waals surface area contributed by atoms with Gasteiger partial charge in [0.25, 0.3) is 0 Å². The number of halogens is 6. The monoisotopic (exact) mass is 760 g/mol. The van der Waals surface area contributed by atoms with E-state index in [1.54, 1.807) is 48.8 Å². The number of rotatable bonds is 12. The van der Waals surface area contributed by atoms with Crippen LogP contribution in [0.1, 0.15) is 28.7 Å². The molecule has 0 aliphatic carbocycles. The van der Waals surface area contributed by atoms with Crippen LogP contribution < -0.4 is 43.1 Å². The second-order valence-corrected chi connectivity index (χ2v) is 10.4. The van der Waals surface area contributed by atoms with Gasteiger partial charge in [0.2, 0.25) is 0 Å². The van der Waals surface area contributed by atoms with Crippen LogP contribution in [0, 0.1) is 0 Å². The molecule has 0 spiro atoms. The molecule has 6 nitrogen and oxygen atoms in total. The lowest BCUT2D eigenvalue weighted by Crippen LogP contribution is -3.00. The Labute approximate surface area is 280 Å². The highest BCUT2D eigenvalue weighted by Gasteiger charge is 2.05. The minimum atomic E-state index is 0. The van der Waals surface area contributed by atoms with Crippen LogP contribution in [-0.4, -0.2) is 12.4 Å². The smallest absolute Gasteiger partial charge is 0.169 e. The average molecular weight is 764 g/mol. The fraction of sp³-hybridized carbons (Fsp3) is 0.172. The van der Waals surface area contributed by atoms with E-state index in [1.807, 2.05) is 49.1 Å². The molecule has 0 atom stereocenters. The van der Waals surface area contributed by atoms with E-state index in [-0.39, 0.29) is 34.0 Å². The molecular weight excluding hydrogens is 738 g/mol. The number of oxime groups is 2. The van der Waals surface area contributed by atoms with E-state index in [2.05, 4.69) is 19.4 Å². The number of pyridine rings is 2. The number of hydrogen-bond donors (Lipinski definition) is 0. The predicted octanol–water partition coefficient (Wildman–Crippen LogP) is 1.07. The van der Waals surface area contributed by atoms with Crippen LogP contribution in [0.15, 0.2) is 95.8 Å². The third-order valence-corrected chi connectivity index (χ3v) is 6.40. The fourth-order valence-electron chi connectivity index (χ4n) is 3.65. The van der Waals surface area contributed by atoms with E-state index in [0.717, 1.165) is 41.8 Å². The first-order valence-electron chi connectivity index (χ1n) is 12.1. The number of nitrogens with zero attached hydrogens (tertiary/aromatic N) is 4. The zero-order valence-corrected chi connectivity index (χ0v) is 27.8. The molecule has 12 heteroatoms. The number of aryl methyl sites for hydroxylation is 2. The Morgan fingerprint density at radius 3 is 1.24 bits per heavy atom. The summed E-state index contributed by atoms with van der Waals surface area (Å²) in [5, 5.41) is 10.3. The van der Waals surface area contributed by atoms with Crippen molar-refractivity contribution in [3.63, 3.8) is 0 Å². The Hall–Kier alpha value is -2.20. The van der Waals surface area contributed by atoms with Gasteiger partial charge in [0.05, 0.1) is 18.9 Å². The summed E-state index contributed by atoms with van der Waals surface area (Å²) in [7, 11) is 0. The molecule has 0 bridgehead atoms. The van der Waals surface area contributed by atoms with Crippen LogP contribution in [0.2, 0.25) is 20.1 Å². The zero-order chi connectivity index (χ0) is 27.5. The fourth-order valence-corrected chi connectivity index (χ4v) is 4.79. The van der Waals surface area contributed by atoms with Crippen molar-refractivity contribution >= 4 is 58.8 Å². The van der Waals surface area contributed by atoms with E-state index >= 15 is 0 Å². The highest BCUT2D eigenvalue weighted by molar-refractivity contribution is 6.35. The van der Waals surface area contributed by atoms with Gasteiger partial charge in [-0.3, -0.25) is 0 Å². The van der Waals surface area contributed by atoms with Gasteiger partial charge < -0.3 is 43.6 Å². The number of aromatic nitrogens is 2. The van der Waals surface area contributed by atoms with Gasteiger partial charge in [-0.1, -0.05) is 56.7 Å². The quantitative estimate of drug-likeness (QED) is 0.123. The first-order chi connectivity index (χ1) is 18.9. The van der Waals surface area contributed by atoms with Crippen molar-refractivity contribution in [3.8, 4) is 0 Å². The number of hydrogen-bond acceptors (Lipinski definition) is 4. The Balaban J connectivity index is 0.00000294. The topological polar surface area (TPSA) is 50.9 Å². The molecule has 4 aromatic rings. The lowest BCUT2D eigenvalue weighted by atomic mass is 10.2. The van der Waals surface area contributed by atoms with Crippen LogP contribution in [0.5, 0.6) is 0 Å². The van der Waals surface area contributed by atoms with Crippen LogP contribution in [-0.2, 0) is 36.0 Å². The maximum absolute atomic E-state index is 6.00. The van der Waals surface area contributed by atoms with Crippen molar-refractivity contribution in [2.24, 2.45) is 10.3 Å². The van der Waals surface area contributed by atoms with Crippen LogP contribution in [0.25, 0.3) is 0 Å². The second kappa shape index (κ2) is 18.4. The third-order valence-electron chi connectivity index (χ3n) is 5.53. The Morgan fingerprint density at radius 2 is 0.902 bits per heavy atom. The van der Waals surface area contributed by atoms with Crippen LogP contribution in [0.4, 0.5) is 0 Å². The maximum Gasteiger partial charge on any atom is 0.169 e. The van der Waals surface area contributed by atoms with Crippen molar-refractivity contribution in [3.05, 3.63) is 128 Å². The molecule has 0 aliphatic heterocycles.